The molecule has 0 aliphatic carbocycles. The van der Waals surface area contributed by atoms with Crippen LogP contribution in [0.25, 0.3) is 11.0 Å². The molecule has 0 radical (unpaired) electrons. The van der Waals surface area contributed by atoms with E-state index in [2.05, 4.69) is 29.5 Å². The predicted octanol–water partition coefficient (Wildman–Crippen LogP) is 4.88. The Balaban J connectivity index is 1.82. The van der Waals surface area contributed by atoms with Crippen molar-refractivity contribution < 1.29 is 14.4 Å². The maximum absolute atomic E-state index is 14.1. The number of anilines is 1. The number of Topliss-reactive ketones (excluding diaryl/α,β-unsaturated/α-hetero) is 1. The number of fused-ring (bicyclic) bond motifs is 1. The lowest BCUT2D eigenvalue weighted by atomic mass is 9.97. The zero-order valence-electron chi connectivity index (χ0n) is 22.2. The highest BCUT2D eigenvalue weighted by molar-refractivity contribution is 6.03. The zero-order chi connectivity index (χ0) is 27.2. The van der Waals surface area contributed by atoms with Crippen molar-refractivity contribution in [1.82, 2.24) is 20.3 Å². The molecule has 1 atom stereocenters. The Labute approximate surface area is 222 Å². The Kier molecular flexibility index (Phi) is 8.31. The summed E-state index contributed by atoms with van der Waals surface area (Å²) in [5.74, 6) is -0.355. The fourth-order valence-electron chi connectivity index (χ4n) is 4.42. The Bertz CT molecular complexity index is 1460. The molecule has 0 aliphatic heterocycles. The van der Waals surface area contributed by atoms with Crippen molar-refractivity contribution in [3.63, 3.8) is 0 Å². The number of benzene rings is 3. The normalized spacial score (nSPS) is 11.9. The van der Waals surface area contributed by atoms with E-state index in [-0.39, 0.29) is 24.1 Å². The first kappa shape index (κ1) is 26.7. The first-order chi connectivity index (χ1) is 18.3. The number of carbonyl (C=O) groups is 3. The third-order valence-corrected chi connectivity index (χ3v) is 6.52. The minimum absolute atomic E-state index is 0.129. The van der Waals surface area contributed by atoms with Crippen molar-refractivity contribution in [1.29, 1.82) is 0 Å². The van der Waals surface area contributed by atoms with E-state index in [4.69, 9.17) is 0 Å². The number of nitrogens with zero attached hydrogens (tertiary/aromatic N) is 4. The van der Waals surface area contributed by atoms with Gasteiger partial charge in [-0.2, -0.15) is 0 Å². The van der Waals surface area contributed by atoms with E-state index in [0.717, 1.165) is 12.0 Å². The second-order valence-electron chi connectivity index (χ2n) is 9.84. The maximum atomic E-state index is 14.1. The van der Waals surface area contributed by atoms with Gasteiger partial charge in [0.1, 0.15) is 18.1 Å². The van der Waals surface area contributed by atoms with Gasteiger partial charge in [-0.15, -0.1) is 5.10 Å². The van der Waals surface area contributed by atoms with E-state index < -0.39 is 6.04 Å². The number of aromatic nitrogens is 3. The Morgan fingerprint density at radius 3 is 2.45 bits per heavy atom. The van der Waals surface area contributed by atoms with Crippen LogP contribution >= 0.6 is 0 Å². The van der Waals surface area contributed by atoms with Crippen LogP contribution in [0.1, 0.15) is 54.7 Å². The van der Waals surface area contributed by atoms with Gasteiger partial charge in [-0.25, -0.2) is 4.68 Å². The smallest absolute Gasteiger partial charge is 0.249 e. The monoisotopic (exact) mass is 511 g/mol. The van der Waals surface area contributed by atoms with Gasteiger partial charge in [0.15, 0.2) is 5.78 Å². The molecule has 0 unspecified atom stereocenters. The van der Waals surface area contributed by atoms with Crippen molar-refractivity contribution in [3.05, 3.63) is 89.5 Å². The molecule has 1 heterocycles. The fraction of sp³-hybridized carbons (Fsp3) is 0.300. The Morgan fingerprint density at radius 2 is 1.71 bits per heavy atom. The van der Waals surface area contributed by atoms with Crippen LogP contribution in [0.4, 0.5) is 5.69 Å². The van der Waals surface area contributed by atoms with Gasteiger partial charge in [0, 0.05) is 17.8 Å². The molecule has 4 aromatic rings. The van der Waals surface area contributed by atoms with Crippen LogP contribution in [-0.2, 0) is 16.1 Å². The van der Waals surface area contributed by atoms with Crippen LogP contribution in [0.15, 0.2) is 72.8 Å². The number of hydrogen-bond acceptors (Lipinski definition) is 5. The highest BCUT2D eigenvalue weighted by Crippen LogP contribution is 2.31. The summed E-state index contributed by atoms with van der Waals surface area (Å²) in [7, 11) is 0. The van der Waals surface area contributed by atoms with Gasteiger partial charge in [0.05, 0.1) is 5.52 Å². The molecular formula is C30H33N5O3. The van der Waals surface area contributed by atoms with Gasteiger partial charge < -0.3 is 5.32 Å². The van der Waals surface area contributed by atoms with Crippen molar-refractivity contribution in [2.45, 2.75) is 46.7 Å². The van der Waals surface area contributed by atoms with Gasteiger partial charge in [0.2, 0.25) is 11.8 Å². The average molecular weight is 512 g/mol. The van der Waals surface area contributed by atoms with Crippen LogP contribution in [0, 0.1) is 12.8 Å². The maximum Gasteiger partial charge on any atom is 0.249 e. The highest BCUT2D eigenvalue weighted by Gasteiger charge is 2.34. The van der Waals surface area contributed by atoms with E-state index in [1.807, 2.05) is 55.5 Å². The lowest BCUT2D eigenvalue weighted by Crippen LogP contribution is -2.46. The molecule has 1 N–H and O–H groups in total. The summed E-state index contributed by atoms with van der Waals surface area (Å²) in [6.45, 7) is 7.94. The second kappa shape index (κ2) is 11.8. The SMILES string of the molecule is CC(=O)c1cccc(N(C(=O)Cn2nnc3ccccc32)[C@@H](C(=O)NCCC(C)C)c2ccccc2C)c1. The largest absolute Gasteiger partial charge is 0.354 e. The summed E-state index contributed by atoms with van der Waals surface area (Å²) >= 11 is 0. The second-order valence-corrected chi connectivity index (χ2v) is 9.84. The van der Waals surface area contributed by atoms with Crippen molar-refractivity contribution in [2.24, 2.45) is 5.92 Å². The van der Waals surface area contributed by atoms with Crippen molar-refractivity contribution >= 4 is 34.3 Å². The van der Waals surface area contributed by atoms with Gasteiger partial charge in [-0.1, -0.05) is 67.6 Å². The minimum atomic E-state index is -0.951. The minimum Gasteiger partial charge on any atom is -0.354 e. The third-order valence-electron chi connectivity index (χ3n) is 6.52. The summed E-state index contributed by atoms with van der Waals surface area (Å²) in [5, 5.41) is 11.4. The van der Waals surface area contributed by atoms with Crippen LogP contribution in [-0.4, -0.2) is 39.1 Å². The van der Waals surface area contributed by atoms with E-state index >= 15 is 0 Å². The topological polar surface area (TPSA) is 97.2 Å². The third kappa shape index (κ3) is 5.96. The van der Waals surface area contributed by atoms with E-state index in [1.54, 1.807) is 24.3 Å². The van der Waals surface area contributed by atoms with Gasteiger partial charge >= 0.3 is 0 Å². The molecule has 8 heteroatoms. The molecule has 0 saturated heterocycles. The van der Waals surface area contributed by atoms with Crippen LogP contribution in [0.2, 0.25) is 0 Å². The summed E-state index contributed by atoms with van der Waals surface area (Å²) in [6.07, 6.45) is 0.810. The molecule has 0 saturated carbocycles. The first-order valence-corrected chi connectivity index (χ1v) is 12.8. The van der Waals surface area contributed by atoms with Crippen LogP contribution in [0.3, 0.4) is 0 Å². The molecule has 8 nitrogen and oxygen atoms in total. The lowest BCUT2D eigenvalue weighted by molar-refractivity contribution is -0.127. The number of ketones is 1. The number of amides is 2. The van der Waals surface area contributed by atoms with Gasteiger partial charge in [-0.3, -0.25) is 19.3 Å². The molecular weight excluding hydrogens is 478 g/mol. The number of hydrogen-bond donors (Lipinski definition) is 1. The molecule has 0 bridgehead atoms. The standard InChI is InChI=1S/C30H33N5O3/c1-20(2)16-17-31-30(38)29(25-13-6-5-10-21(25)3)35(24-12-9-11-23(18-24)22(4)36)28(37)19-34-27-15-8-7-14-26(27)32-33-34/h5-15,18,20,29H,16-17,19H2,1-4H3,(H,31,38)/t29-/m1/s1. The zero-order valence-corrected chi connectivity index (χ0v) is 22.2. The van der Waals surface area contributed by atoms with E-state index in [0.29, 0.717) is 40.3 Å². The lowest BCUT2D eigenvalue weighted by Gasteiger charge is -2.32. The molecule has 196 valence electrons. The Morgan fingerprint density at radius 1 is 0.974 bits per heavy atom. The number of carbonyl (C=O) groups excluding carboxylic acids is 3. The fourth-order valence-corrected chi connectivity index (χ4v) is 4.42. The molecule has 2 amide bonds. The molecule has 0 spiro atoms. The molecule has 0 fully saturated rings. The molecule has 4 rings (SSSR count). The highest BCUT2D eigenvalue weighted by atomic mass is 16.2. The Hall–Kier alpha value is -4.33. The molecule has 0 aliphatic rings. The van der Waals surface area contributed by atoms with Crippen LogP contribution in [0.5, 0.6) is 0 Å². The predicted molar refractivity (Wildman–Crippen MR) is 148 cm³/mol. The first-order valence-electron chi connectivity index (χ1n) is 12.8. The number of rotatable bonds is 10. The summed E-state index contributed by atoms with van der Waals surface area (Å²) in [5.41, 5.74) is 3.89. The number of aryl methyl sites for hydroxylation is 1. The van der Waals surface area contributed by atoms with E-state index in [9.17, 15) is 14.4 Å². The molecule has 1 aromatic heterocycles. The van der Waals surface area contributed by atoms with Gasteiger partial charge in [-0.05, 0) is 61.6 Å². The van der Waals surface area contributed by atoms with Crippen molar-refractivity contribution in [2.75, 3.05) is 11.4 Å². The van der Waals surface area contributed by atoms with Crippen LogP contribution < -0.4 is 10.2 Å². The van der Waals surface area contributed by atoms with E-state index in [1.165, 1.54) is 16.5 Å². The number of nitrogens with one attached hydrogen (secondary N) is 1. The summed E-state index contributed by atoms with van der Waals surface area (Å²) in [6, 6.07) is 20.8. The van der Waals surface area contributed by atoms with Crippen molar-refractivity contribution in [3.8, 4) is 0 Å². The molecule has 38 heavy (non-hydrogen) atoms. The summed E-state index contributed by atoms with van der Waals surface area (Å²) in [4.78, 5) is 41.6. The summed E-state index contributed by atoms with van der Waals surface area (Å²) < 4.78 is 1.53. The number of para-hydroxylation sites is 1. The van der Waals surface area contributed by atoms with Gasteiger partial charge in [0.25, 0.3) is 0 Å². The molecule has 3 aromatic carbocycles. The quantitative estimate of drug-likeness (QED) is 0.306. The average Bonchev–Trinajstić information content (AvgIpc) is 3.30.